The average molecular weight is 404 g/mol. The van der Waals surface area contributed by atoms with E-state index in [1.165, 1.54) is 12.3 Å². The van der Waals surface area contributed by atoms with Crippen LogP contribution in [0.25, 0.3) is 6.08 Å². The van der Waals surface area contributed by atoms with Crippen LogP contribution in [0.3, 0.4) is 0 Å². The van der Waals surface area contributed by atoms with Gasteiger partial charge in [0.2, 0.25) is 0 Å². The Morgan fingerprint density at radius 3 is 2.48 bits per heavy atom. The number of anilines is 1. The molecule has 2 aromatic rings. The van der Waals surface area contributed by atoms with Gasteiger partial charge in [0.15, 0.2) is 0 Å². The van der Waals surface area contributed by atoms with Crippen LogP contribution >= 0.6 is 27.5 Å². The van der Waals surface area contributed by atoms with Gasteiger partial charge in [-0.2, -0.15) is 18.3 Å². The summed E-state index contributed by atoms with van der Waals surface area (Å²) in [6, 6.07) is 12.5. The van der Waals surface area contributed by atoms with E-state index in [0.29, 0.717) is 4.48 Å². The zero-order chi connectivity index (χ0) is 16.9. The lowest BCUT2D eigenvalue weighted by Gasteiger charge is -2.09. The standard InChI is InChI=1S/C16H11BrClF3N2/c17-13(8-11-4-2-1-3-5-11)10-22-23-15-9-12(16(19,20)21)6-7-14(15)18/h1-10,23H/b13-8-,22-10+. The Morgan fingerprint density at radius 1 is 1.13 bits per heavy atom. The van der Waals surface area contributed by atoms with Crippen molar-refractivity contribution in [1.82, 2.24) is 0 Å². The van der Waals surface area contributed by atoms with E-state index < -0.39 is 11.7 Å². The molecule has 0 heterocycles. The van der Waals surface area contributed by atoms with Crippen LogP contribution < -0.4 is 5.43 Å². The van der Waals surface area contributed by atoms with Gasteiger partial charge in [-0.1, -0.05) is 41.9 Å². The van der Waals surface area contributed by atoms with Crippen molar-refractivity contribution in [1.29, 1.82) is 0 Å². The minimum absolute atomic E-state index is 0.0813. The lowest BCUT2D eigenvalue weighted by molar-refractivity contribution is -0.137. The second-order valence-electron chi connectivity index (χ2n) is 4.50. The maximum absolute atomic E-state index is 12.7. The zero-order valence-electron chi connectivity index (χ0n) is 11.6. The summed E-state index contributed by atoms with van der Waals surface area (Å²) in [5.41, 5.74) is 2.76. The van der Waals surface area contributed by atoms with Crippen molar-refractivity contribution in [3.63, 3.8) is 0 Å². The molecular weight excluding hydrogens is 393 g/mol. The fraction of sp³-hybridized carbons (Fsp3) is 0.0625. The first kappa shape index (κ1) is 17.6. The lowest BCUT2D eigenvalue weighted by atomic mass is 10.2. The number of hydrogen-bond donors (Lipinski definition) is 1. The van der Waals surface area contributed by atoms with E-state index >= 15 is 0 Å². The summed E-state index contributed by atoms with van der Waals surface area (Å²) in [6.45, 7) is 0. The molecular formula is C16H11BrClF3N2. The minimum atomic E-state index is -4.43. The number of alkyl halides is 3. The number of nitrogens with one attached hydrogen (secondary N) is 1. The van der Waals surface area contributed by atoms with Crippen molar-refractivity contribution in [2.75, 3.05) is 5.43 Å². The number of halogens is 5. The van der Waals surface area contributed by atoms with Gasteiger partial charge in [-0.15, -0.1) is 0 Å². The number of allylic oxidation sites excluding steroid dienone is 1. The fourth-order valence-corrected chi connectivity index (χ4v) is 2.22. The molecule has 2 nitrogen and oxygen atoms in total. The maximum atomic E-state index is 12.7. The van der Waals surface area contributed by atoms with E-state index in [1.807, 2.05) is 36.4 Å². The van der Waals surface area contributed by atoms with Gasteiger partial charge in [-0.3, -0.25) is 5.43 Å². The van der Waals surface area contributed by atoms with E-state index in [1.54, 1.807) is 0 Å². The normalized spacial score (nSPS) is 12.7. The molecule has 0 atom stereocenters. The minimum Gasteiger partial charge on any atom is -0.277 e. The zero-order valence-corrected chi connectivity index (χ0v) is 14.0. The number of rotatable bonds is 4. The molecule has 23 heavy (non-hydrogen) atoms. The molecule has 7 heteroatoms. The topological polar surface area (TPSA) is 24.4 Å². The summed E-state index contributed by atoms with van der Waals surface area (Å²) >= 11 is 9.17. The van der Waals surface area contributed by atoms with Gasteiger partial charge in [0.05, 0.1) is 22.5 Å². The van der Waals surface area contributed by atoms with Crippen LogP contribution in [0, 0.1) is 0 Å². The first-order chi connectivity index (χ1) is 10.9. The molecule has 0 radical (unpaired) electrons. The molecule has 0 amide bonds. The molecule has 0 fully saturated rings. The molecule has 2 aromatic carbocycles. The monoisotopic (exact) mass is 402 g/mol. The van der Waals surface area contributed by atoms with Gasteiger partial charge >= 0.3 is 6.18 Å². The third-order valence-corrected chi connectivity index (χ3v) is 3.53. The van der Waals surface area contributed by atoms with Crippen LogP contribution in [0.4, 0.5) is 18.9 Å². The first-order valence-corrected chi connectivity index (χ1v) is 7.61. The predicted octanol–water partition coefficient (Wildman–Crippen LogP) is 6.19. The Labute approximate surface area is 144 Å². The van der Waals surface area contributed by atoms with Crippen molar-refractivity contribution >= 4 is 45.5 Å². The van der Waals surface area contributed by atoms with E-state index in [4.69, 9.17) is 11.6 Å². The summed E-state index contributed by atoms with van der Waals surface area (Å²) in [5.74, 6) is 0. The molecule has 0 bridgehead atoms. The highest BCUT2D eigenvalue weighted by molar-refractivity contribution is 9.12. The molecule has 0 saturated carbocycles. The molecule has 0 aliphatic carbocycles. The number of hydrazone groups is 1. The van der Waals surface area contributed by atoms with Crippen LogP contribution in [0.1, 0.15) is 11.1 Å². The third kappa shape index (κ3) is 5.41. The van der Waals surface area contributed by atoms with Crippen molar-refractivity contribution in [3.05, 3.63) is 69.2 Å². The van der Waals surface area contributed by atoms with E-state index in [-0.39, 0.29) is 10.7 Å². The maximum Gasteiger partial charge on any atom is 0.416 e. The van der Waals surface area contributed by atoms with Crippen molar-refractivity contribution in [3.8, 4) is 0 Å². The summed E-state index contributed by atoms with van der Waals surface area (Å²) in [7, 11) is 0. The van der Waals surface area contributed by atoms with Gasteiger partial charge in [0.25, 0.3) is 0 Å². The molecule has 0 saturated heterocycles. The summed E-state index contributed by atoms with van der Waals surface area (Å²) in [5, 5.41) is 4.03. The average Bonchev–Trinajstić information content (AvgIpc) is 2.49. The SMILES string of the molecule is FC(F)(F)c1ccc(Cl)c(N/N=C/C(Br)=C/c2ccccc2)c1. The Kier molecular flexibility index (Phi) is 5.85. The van der Waals surface area contributed by atoms with Gasteiger partial charge in [-0.05, 0) is 45.8 Å². The number of hydrogen-bond acceptors (Lipinski definition) is 2. The molecule has 2 rings (SSSR count). The van der Waals surface area contributed by atoms with Crippen LogP contribution in [-0.4, -0.2) is 6.21 Å². The van der Waals surface area contributed by atoms with Crippen molar-refractivity contribution in [2.24, 2.45) is 5.10 Å². The second-order valence-corrected chi connectivity index (χ2v) is 5.83. The van der Waals surface area contributed by atoms with Crippen LogP contribution in [0.2, 0.25) is 5.02 Å². The highest BCUT2D eigenvalue weighted by Gasteiger charge is 2.30. The Bertz CT molecular complexity index is 728. The van der Waals surface area contributed by atoms with Gasteiger partial charge < -0.3 is 0 Å². The lowest BCUT2D eigenvalue weighted by Crippen LogP contribution is -2.05. The molecule has 0 aliphatic heterocycles. The molecule has 0 unspecified atom stereocenters. The molecule has 0 aliphatic rings. The summed E-state index contributed by atoms with van der Waals surface area (Å²) < 4.78 is 38.7. The van der Waals surface area contributed by atoms with Crippen LogP contribution in [0.5, 0.6) is 0 Å². The summed E-state index contributed by atoms with van der Waals surface area (Å²) in [6.07, 6.45) is -1.18. The van der Waals surface area contributed by atoms with E-state index in [9.17, 15) is 13.2 Å². The number of nitrogens with zero attached hydrogens (tertiary/aromatic N) is 1. The van der Waals surface area contributed by atoms with Gasteiger partial charge in [-0.25, -0.2) is 0 Å². The number of benzene rings is 2. The molecule has 0 spiro atoms. The second kappa shape index (κ2) is 7.66. The molecule has 120 valence electrons. The Balaban J connectivity index is 2.10. The van der Waals surface area contributed by atoms with Crippen LogP contribution in [0.15, 0.2) is 58.1 Å². The van der Waals surface area contributed by atoms with E-state index in [2.05, 4.69) is 26.5 Å². The molecule has 0 aromatic heterocycles. The highest BCUT2D eigenvalue weighted by Crippen LogP contribution is 2.33. The third-order valence-electron chi connectivity index (χ3n) is 2.77. The highest BCUT2D eigenvalue weighted by atomic mass is 79.9. The quantitative estimate of drug-likeness (QED) is 0.477. The Morgan fingerprint density at radius 2 is 1.83 bits per heavy atom. The largest absolute Gasteiger partial charge is 0.416 e. The predicted molar refractivity (Wildman–Crippen MR) is 91.9 cm³/mol. The van der Waals surface area contributed by atoms with Gasteiger partial charge in [0.1, 0.15) is 0 Å². The first-order valence-electron chi connectivity index (χ1n) is 6.44. The van der Waals surface area contributed by atoms with Crippen molar-refractivity contribution in [2.45, 2.75) is 6.18 Å². The van der Waals surface area contributed by atoms with Gasteiger partial charge in [0, 0.05) is 4.48 Å². The van der Waals surface area contributed by atoms with Crippen molar-refractivity contribution < 1.29 is 13.2 Å². The Hall–Kier alpha value is -1.79. The smallest absolute Gasteiger partial charge is 0.277 e. The summed E-state index contributed by atoms with van der Waals surface area (Å²) in [4.78, 5) is 0. The van der Waals surface area contributed by atoms with Crippen LogP contribution in [-0.2, 0) is 6.18 Å². The fourth-order valence-electron chi connectivity index (χ4n) is 1.70. The van der Waals surface area contributed by atoms with E-state index in [0.717, 1.165) is 17.7 Å². The molecule has 1 N–H and O–H groups in total.